The first-order valence-electron chi connectivity index (χ1n) is 6.15. The van der Waals surface area contributed by atoms with Crippen LogP contribution < -0.4 is 0 Å². The van der Waals surface area contributed by atoms with E-state index in [2.05, 4.69) is 29.9 Å². The van der Waals surface area contributed by atoms with E-state index in [9.17, 15) is 0 Å². The van der Waals surface area contributed by atoms with Crippen molar-refractivity contribution in [3.63, 3.8) is 0 Å². The lowest BCUT2D eigenvalue weighted by Gasteiger charge is -2.44. The summed E-state index contributed by atoms with van der Waals surface area (Å²) in [5.41, 5.74) is 0. The molecule has 0 aromatic rings. The van der Waals surface area contributed by atoms with Crippen LogP contribution in [0.5, 0.6) is 0 Å². The Morgan fingerprint density at radius 2 is 1.81 bits per heavy atom. The summed E-state index contributed by atoms with van der Waals surface area (Å²) in [6.45, 7) is 10.2. The Bertz CT molecular complexity index is 180. The second-order valence-corrected chi connectivity index (χ2v) is 5.67. The molecule has 1 fully saturated rings. The maximum Gasteiger partial charge on any atom is 0.0589 e. The van der Waals surface area contributed by atoms with Crippen molar-refractivity contribution in [2.45, 2.75) is 25.9 Å². The van der Waals surface area contributed by atoms with Gasteiger partial charge in [0.15, 0.2) is 0 Å². The van der Waals surface area contributed by atoms with E-state index in [1.807, 2.05) is 11.8 Å². The number of methoxy groups -OCH3 is 1. The number of thioether (sulfide) groups is 1. The van der Waals surface area contributed by atoms with Crippen LogP contribution in [0.2, 0.25) is 0 Å². The van der Waals surface area contributed by atoms with E-state index in [0.29, 0.717) is 12.1 Å². The minimum Gasteiger partial charge on any atom is -0.383 e. The fraction of sp³-hybridized carbons (Fsp3) is 1.00. The molecule has 1 heterocycles. The molecule has 96 valence electrons. The first-order chi connectivity index (χ1) is 7.69. The normalized spacial score (nSPS) is 28.5. The molecule has 0 bridgehead atoms. The predicted molar refractivity (Wildman–Crippen MR) is 72.3 cm³/mol. The smallest absolute Gasteiger partial charge is 0.0589 e. The van der Waals surface area contributed by atoms with Gasteiger partial charge < -0.3 is 4.74 Å². The summed E-state index contributed by atoms with van der Waals surface area (Å²) >= 11 is 1.94. The minimum absolute atomic E-state index is 0.653. The Morgan fingerprint density at radius 1 is 1.19 bits per heavy atom. The van der Waals surface area contributed by atoms with Crippen molar-refractivity contribution in [3.8, 4) is 0 Å². The third kappa shape index (κ3) is 4.24. The van der Waals surface area contributed by atoms with Gasteiger partial charge in [-0.2, -0.15) is 11.8 Å². The van der Waals surface area contributed by atoms with Gasteiger partial charge >= 0.3 is 0 Å². The van der Waals surface area contributed by atoms with Crippen LogP contribution in [-0.4, -0.2) is 73.8 Å². The first-order valence-corrected chi connectivity index (χ1v) is 7.54. The first kappa shape index (κ1) is 14.3. The lowest BCUT2D eigenvalue weighted by Crippen LogP contribution is -2.57. The SMILES string of the molecule is COCCN1[C@H](C)CN(CCSC)C[C@@H]1C. The fourth-order valence-corrected chi connectivity index (χ4v) is 2.95. The van der Waals surface area contributed by atoms with Crippen molar-refractivity contribution in [1.29, 1.82) is 0 Å². The predicted octanol–water partition coefficient (Wildman–Crippen LogP) is 1.39. The Hall–Kier alpha value is 0.230. The molecule has 4 heteroatoms. The molecule has 2 atom stereocenters. The quantitative estimate of drug-likeness (QED) is 0.703. The lowest BCUT2D eigenvalue weighted by atomic mass is 10.1. The minimum atomic E-state index is 0.653. The zero-order valence-electron chi connectivity index (χ0n) is 11.1. The molecule has 0 radical (unpaired) electrons. The van der Waals surface area contributed by atoms with Crippen LogP contribution >= 0.6 is 11.8 Å². The average molecular weight is 246 g/mol. The van der Waals surface area contributed by atoms with Crippen LogP contribution in [0, 0.1) is 0 Å². The zero-order valence-corrected chi connectivity index (χ0v) is 11.9. The molecular formula is C12H26N2OS. The number of rotatable bonds is 6. The molecule has 1 aliphatic rings. The number of hydrogen-bond donors (Lipinski definition) is 0. The van der Waals surface area contributed by atoms with Gasteiger partial charge in [0.1, 0.15) is 0 Å². The average Bonchev–Trinajstić information content (AvgIpc) is 2.25. The molecule has 16 heavy (non-hydrogen) atoms. The van der Waals surface area contributed by atoms with Gasteiger partial charge in [-0.25, -0.2) is 0 Å². The van der Waals surface area contributed by atoms with Crippen LogP contribution in [0.3, 0.4) is 0 Å². The Balaban J connectivity index is 2.37. The Labute approximate surface area is 105 Å². The van der Waals surface area contributed by atoms with Gasteiger partial charge in [0, 0.05) is 51.1 Å². The highest BCUT2D eigenvalue weighted by molar-refractivity contribution is 7.98. The van der Waals surface area contributed by atoms with Gasteiger partial charge in [0.25, 0.3) is 0 Å². The highest BCUT2D eigenvalue weighted by atomic mass is 32.2. The summed E-state index contributed by atoms with van der Waals surface area (Å²) in [4.78, 5) is 5.16. The molecule has 0 aromatic heterocycles. The molecular weight excluding hydrogens is 220 g/mol. The van der Waals surface area contributed by atoms with Gasteiger partial charge in [-0.05, 0) is 20.1 Å². The van der Waals surface area contributed by atoms with Crippen LogP contribution in [0.25, 0.3) is 0 Å². The monoisotopic (exact) mass is 246 g/mol. The van der Waals surface area contributed by atoms with Crippen molar-refractivity contribution in [1.82, 2.24) is 9.80 Å². The fourth-order valence-electron chi connectivity index (χ4n) is 2.51. The molecule has 1 rings (SSSR count). The standard InChI is InChI=1S/C12H26N2OS/c1-11-9-13(6-8-16-4)10-12(2)14(11)5-7-15-3/h11-12H,5-10H2,1-4H3/t11-,12+. The molecule has 0 unspecified atom stereocenters. The van der Waals surface area contributed by atoms with Crippen molar-refractivity contribution >= 4 is 11.8 Å². The summed E-state index contributed by atoms with van der Waals surface area (Å²) < 4.78 is 5.17. The van der Waals surface area contributed by atoms with E-state index in [1.54, 1.807) is 7.11 Å². The molecule has 1 aliphatic heterocycles. The third-order valence-electron chi connectivity index (χ3n) is 3.34. The van der Waals surface area contributed by atoms with Gasteiger partial charge in [-0.3, -0.25) is 9.80 Å². The highest BCUT2D eigenvalue weighted by Crippen LogP contribution is 2.15. The number of nitrogens with zero attached hydrogens (tertiary/aromatic N) is 2. The molecule has 1 saturated heterocycles. The molecule has 0 aromatic carbocycles. The summed E-state index contributed by atoms with van der Waals surface area (Å²) in [5, 5.41) is 0. The van der Waals surface area contributed by atoms with Crippen LogP contribution in [0.15, 0.2) is 0 Å². The molecule has 0 N–H and O–H groups in total. The number of ether oxygens (including phenoxy) is 1. The van der Waals surface area contributed by atoms with E-state index >= 15 is 0 Å². The molecule has 0 spiro atoms. The Morgan fingerprint density at radius 3 is 2.31 bits per heavy atom. The maximum atomic E-state index is 5.17. The van der Waals surface area contributed by atoms with Crippen molar-refractivity contribution in [3.05, 3.63) is 0 Å². The van der Waals surface area contributed by atoms with E-state index in [1.165, 1.54) is 25.4 Å². The van der Waals surface area contributed by atoms with Crippen molar-refractivity contribution < 1.29 is 4.74 Å². The third-order valence-corrected chi connectivity index (χ3v) is 3.93. The number of piperazine rings is 1. The van der Waals surface area contributed by atoms with Crippen LogP contribution in [0.4, 0.5) is 0 Å². The number of hydrogen-bond acceptors (Lipinski definition) is 4. The van der Waals surface area contributed by atoms with E-state index in [-0.39, 0.29) is 0 Å². The highest BCUT2D eigenvalue weighted by Gasteiger charge is 2.28. The van der Waals surface area contributed by atoms with Crippen molar-refractivity contribution in [2.75, 3.05) is 51.9 Å². The lowest BCUT2D eigenvalue weighted by molar-refractivity contribution is 0.0236. The zero-order chi connectivity index (χ0) is 12.0. The molecule has 0 saturated carbocycles. The Kier molecular flexibility index (Phi) is 6.73. The van der Waals surface area contributed by atoms with E-state index in [4.69, 9.17) is 4.74 Å². The second-order valence-electron chi connectivity index (χ2n) is 4.68. The molecule has 0 amide bonds. The van der Waals surface area contributed by atoms with Gasteiger partial charge in [0.05, 0.1) is 6.61 Å². The topological polar surface area (TPSA) is 15.7 Å². The van der Waals surface area contributed by atoms with Crippen molar-refractivity contribution in [2.24, 2.45) is 0 Å². The molecule has 0 aliphatic carbocycles. The maximum absolute atomic E-state index is 5.17. The second kappa shape index (κ2) is 7.54. The van der Waals surface area contributed by atoms with Gasteiger partial charge in [-0.1, -0.05) is 0 Å². The van der Waals surface area contributed by atoms with Crippen LogP contribution in [-0.2, 0) is 4.74 Å². The van der Waals surface area contributed by atoms with E-state index in [0.717, 1.165) is 13.2 Å². The van der Waals surface area contributed by atoms with Crippen LogP contribution in [0.1, 0.15) is 13.8 Å². The summed E-state index contributed by atoms with van der Waals surface area (Å²) in [6, 6.07) is 1.31. The summed E-state index contributed by atoms with van der Waals surface area (Å²) in [7, 11) is 1.78. The summed E-state index contributed by atoms with van der Waals surface area (Å²) in [5.74, 6) is 1.25. The van der Waals surface area contributed by atoms with E-state index < -0.39 is 0 Å². The van der Waals surface area contributed by atoms with Gasteiger partial charge in [0.2, 0.25) is 0 Å². The van der Waals surface area contributed by atoms with Gasteiger partial charge in [-0.15, -0.1) is 0 Å². The largest absolute Gasteiger partial charge is 0.383 e. The molecule has 3 nitrogen and oxygen atoms in total. The summed E-state index contributed by atoms with van der Waals surface area (Å²) in [6.07, 6.45) is 2.18.